The Morgan fingerprint density at radius 3 is 1.79 bits per heavy atom. The fourth-order valence-corrected chi connectivity index (χ4v) is 6.15. The molecule has 0 radical (unpaired) electrons. The molecule has 322 valence electrons. The predicted molar refractivity (Wildman–Crippen MR) is 230 cm³/mol. The molecule has 0 saturated carbocycles. The number of carbonyl (C=O) groups is 2. The average Bonchev–Trinajstić information content (AvgIpc) is 3.18. The highest BCUT2D eigenvalue weighted by atomic mass is 31.2. The standard InChI is InChI=1S/C45H78NO9P/c1-3-5-7-9-11-12-13-14-15-16-17-18-19-20-24-28-32-36-44(48)52-40-43(41-54-56(50,51)53-39-38-46)55-45(49)37-33-29-25-21-23-27-31-35-42(47)34-30-26-22-10-8-6-4-2/h11-12,14-15,21-22,25-27,30-31,34,42-43,47H,3-10,13,16-20,23-24,28-29,32-33,35-41,46H2,1-2H3,(H,50,51)/b12-11-,15-14-,25-21+,26-22-,31-27-,34-30-/t42-,43+/m0/s1. The Morgan fingerprint density at radius 2 is 1.16 bits per heavy atom. The van der Waals surface area contributed by atoms with Gasteiger partial charge in [0.2, 0.25) is 0 Å². The number of nitrogens with two attached hydrogens (primary N) is 1. The zero-order valence-electron chi connectivity index (χ0n) is 35.0. The normalized spacial score (nSPS) is 14.6. The van der Waals surface area contributed by atoms with Crippen molar-refractivity contribution in [3.05, 3.63) is 72.9 Å². The summed E-state index contributed by atoms with van der Waals surface area (Å²) in [7, 11) is -4.41. The number of aliphatic hydroxyl groups is 1. The van der Waals surface area contributed by atoms with Gasteiger partial charge in [-0.1, -0.05) is 145 Å². The molecule has 0 aliphatic heterocycles. The number of esters is 2. The van der Waals surface area contributed by atoms with Crippen molar-refractivity contribution in [2.45, 2.75) is 174 Å². The largest absolute Gasteiger partial charge is 0.472 e. The molecule has 0 aromatic rings. The van der Waals surface area contributed by atoms with E-state index in [0.717, 1.165) is 38.5 Å². The van der Waals surface area contributed by atoms with Gasteiger partial charge in [-0.05, 0) is 77.0 Å². The van der Waals surface area contributed by atoms with Crippen molar-refractivity contribution in [1.29, 1.82) is 0 Å². The summed E-state index contributed by atoms with van der Waals surface area (Å²) in [6.07, 6.45) is 45.3. The van der Waals surface area contributed by atoms with E-state index in [-0.39, 0.29) is 32.6 Å². The molecule has 0 fully saturated rings. The predicted octanol–water partition coefficient (Wildman–Crippen LogP) is 11.2. The van der Waals surface area contributed by atoms with Crippen LogP contribution < -0.4 is 5.73 Å². The number of hydrogen-bond acceptors (Lipinski definition) is 9. The fourth-order valence-electron chi connectivity index (χ4n) is 5.38. The number of unbranched alkanes of at least 4 members (excludes halogenated alkanes) is 14. The van der Waals surface area contributed by atoms with Crippen LogP contribution in [0.3, 0.4) is 0 Å². The van der Waals surface area contributed by atoms with Gasteiger partial charge in [-0.2, -0.15) is 0 Å². The highest BCUT2D eigenvalue weighted by Gasteiger charge is 2.25. The molecular weight excluding hydrogens is 729 g/mol. The van der Waals surface area contributed by atoms with Gasteiger partial charge >= 0.3 is 19.8 Å². The molecule has 0 heterocycles. The molecule has 1 unspecified atom stereocenters. The van der Waals surface area contributed by atoms with Crippen molar-refractivity contribution in [3.8, 4) is 0 Å². The Bertz CT molecular complexity index is 1160. The first-order chi connectivity index (χ1) is 27.2. The van der Waals surface area contributed by atoms with Crippen molar-refractivity contribution in [3.63, 3.8) is 0 Å². The third-order valence-corrected chi connectivity index (χ3v) is 9.63. The number of ether oxygens (including phenoxy) is 2. The summed E-state index contributed by atoms with van der Waals surface area (Å²) < 4.78 is 32.7. The summed E-state index contributed by atoms with van der Waals surface area (Å²) in [5.41, 5.74) is 5.34. The van der Waals surface area contributed by atoms with E-state index in [1.165, 1.54) is 64.2 Å². The fraction of sp³-hybridized carbons (Fsp3) is 0.689. The lowest BCUT2D eigenvalue weighted by Crippen LogP contribution is -2.29. The SMILES string of the molecule is CCCCC/C=C\C=C/[C@H](O)C/C=C\C/C=C/CCCC(=O)O[C@H](COC(=O)CCCCCCCCC/C=C\C/C=C\CCCCC)COP(=O)(O)OCCN. The van der Waals surface area contributed by atoms with Gasteiger partial charge < -0.3 is 25.2 Å². The van der Waals surface area contributed by atoms with Crippen LogP contribution in [0.5, 0.6) is 0 Å². The third kappa shape index (κ3) is 39.6. The van der Waals surface area contributed by atoms with E-state index in [9.17, 15) is 24.2 Å². The van der Waals surface area contributed by atoms with E-state index in [2.05, 4.69) is 44.2 Å². The molecule has 0 aromatic heterocycles. The summed E-state index contributed by atoms with van der Waals surface area (Å²) in [5.74, 6) is -0.950. The number of phosphoric ester groups is 1. The summed E-state index contributed by atoms with van der Waals surface area (Å²) in [5, 5.41) is 10.1. The van der Waals surface area contributed by atoms with Gasteiger partial charge in [0.25, 0.3) is 0 Å². The average molecular weight is 808 g/mol. The first kappa shape index (κ1) is 53.4. The van der Waals surface area contributed by atoms with Crippen LogP contribution in [0.2, 0.25) is 0 Å². The van der Waals surface area contributed by atoms with E-state index >= 15 is 0 Å². The minimum absolute atomic E-state index is 0.0297. The maximum atomic E-state index is 12.6. The van der Waals surface area contributed by atoms with Crippen molar-refractivity contribution in [2.75, 3.05) is 26.4 Å². The zero-order valence-corrected chi connectivity index (χ0v) is 35.8. The van der Waals surface area contributed by atoms with Crippen LogP contribution in [0.4, 0.5) is 0 Å². The van der Waals surface area contributed by atoms with E-state index < -0.39 is 38.6 Å². The van der Waals surface area contributed by atoms with E-state index in [0.29, 0.717) is 32.1 Å². The molecule has 0 bridgehead atoms. The number of hydrogen-bond donors (Lipinski definition) is 3. The Kier molecular flexibility index (Phi) is 38.7. The monoisotopic (exact) mass is 808 g/mol. The van der Waals surface area contributed by atoms with Crippen LogP contribution in [0, 0.1) is 0 Å². The van der Waals surface area contributed by atoms with E-state index in [1.807, 2.05) is 36.5 Å². The molecule has 0 rings (SSSR count). The van der Waals surface area contributed by atoms with Crippen molar-refractivity contribution in [1.82, 2.24) is 0 Å². The lowest BCUT2D eigenvalue weighted by atomic mass is 10.1. The van der Waals surface area contributed by atoms with Crippen LogP contribution in [0.25, 0.3) is 0 Å². The van der Waals surface area contributed by atoms with Crippen molar-refractivity contribution < 1.29 is 42.7 Å². The highest BCUT2D eigenvalue weighted by molar-refractivity contribution is 7.47. The molecule has 11 heteroatoms. The van der Waals surface area contributed by atoms with Crippen molar-refractivity contribution in [2.24, 2.45) is 5.73 Å². The Labute approximate surface area is 340 Å². The Morgan fingerprint density at radius 1 is 0.625 bits per heavy atom. The van der Waals surface area contributed by atoms with Gasteiger partial charge in [0.1, 0.15) is 6.61 Å². The van der Waals surface area contributed by atoms with Crippen LogP contribution >= 0.6 is 7.82 Å². The van der Waals surface area contributed by atoms with Crippen LogP contribution in [0.1, 0.15) is 162 Å². The number of rotatable bonds is 39. The molecule has 0 spiro atoms. The maximum Gasteiger partial charge on any atom is 0.472 e. The molecule has 4 N–H and O–H groups in total. The minimum atomic E-state index is -4.41. The van der Waals surface area contributed by atoms with Gasteiger partial charge in [0.15, 0.2) is 6.10 Å². The van der Waals surface area contributed by atoms with E-state index in [4.69, 9.17) is 24.3 Å². The molecule has 0 amide bonds. The number of carbonyl (C=O) groups excluding carboxylic acids is 2. The molecule has 56 heavy (non-hydrogen) atoms. The highest BCUT2D eigenvalue weighted by Crippen LogP contribution is 2.43. The summed E-state index contributed by atoms with van der Waals surface area (Å²) in [6.45, 7) is 3.49. The summed E-state index contributed by atoms with van der Waals surface area (Å²) in [4.78, 5) is 34.8. The van der Waals surface area contributed by atoms with Crippen LogP contribution in [0.15, 0.2) is 72.9 Å². The lowest BCUT2D eigenvalue weighted by molar-refractivity contribution is -0.161. The van der Waals surface area contributed by atoms with Gasteiger partial charge in [-0.25, -0.2) is 4.57 Å². The van der Waals surface area contributed by atoms with Crippen LogP contribution in [-0.2, 0) is 32.7 Å². The molecule has 0 aromatic carbocycles. The first-order valence-electron chi connectivity index (χ1n) is 21.5. The van der Waals surface area contributed by atoms with Crippen LogP contribution in [-0.4, -0.2) is 60.5 Å². The third-order valence-electron chi connectivity index (χ3n) is 8.65. The molecule has 3 atom stereocenters. The summed E-state index contributed by atoms with van der Waals surface area (Å²) in [6, 6.07) is 0. The second-order valence-corrected chi connectivity index (χ2v) is 15.5. The maximum absolute atomic E-state index is 12.6. The van der Waals surface area contributed by atoms with Crippen molar-refractivity contribution >= 4 is 19.8 Å². The van der Waals surface area contributed by atoms with Gasteiger partial charge in [0, 0.05) is 19.4 Å². The summed E-state index contributed by atoms with van der Waals surface area (Å²) >= 11 is 0. The quantitative estimate of drug-likeness (QED) is 0.0180. The Balaban J connectivity index is 4.34. The zero-order chi connectivity index (χ0) is 41.2. The van der Waals surface area contributed by atoms with E-state index in [1.54, 1.807) is 6.08 Å². The molecule has 0 aliphatic carbocycles. The molecular formula is C45H78NO9P. The second kappa shape index (κ2) is 40.6. The topological polar surface area (TPSA) is 155 Å². The number of phosphoric acid groups is 1. The van der Waals surface area contributed by atoms with Gasteiger partial charge in [-0.15, -0.1) is 0 Å². The second-order valence-electron chi connectivity index (χ2n) is 14.1. The first-order valence-corrected chi connectivity index (χ1v) is 23.0. The number of aliphatic hydroxyl groups excluding tert-OH is 1. The number of allylic oxidation sites excluding steroid dienone is 10. The molecule has 0 aliphatic rings. The smallest absolute Gasteiger partial charge is 0.462 e. The minimum Gasteiger partial charge on any atom is -0.462 e. The molecule has 0 saturated heterocycles. The Hall–Kier alpha value is -2.59. The lowest BCUT2D eigenvalue weighted by Gasteiger charge is -2.19. The molecule has 10 nitrogen and oxygen atoms in total. The van der Waals surface area contributed by atoms with Gasteiger partial charge in [-0.3, -0.25) is 18.6 Å². The van der Waals surface area contributed by atoms with Gasteiger partial charge in [0.05, 0.1) is 19.3 Å².